The zero-order valence-electron chi connectivity index (χ0n) is 14.2. The summed E-state index contributed by atoms with van der Waals surface area (Å²) in [6.07, 6.45) is 1.66. The summed E-state index contributed by atoms with van der Waals surface area (Å²) in [6.45, 7) is 2.08. The molecule has 0 radical (unpaired) electrons. The third-order valence-corrected chi connectivity index (χ3v) is 3.87. The molecule has 1 heterocycles. The number of aromatic nitrogens is 1. The number of H-pyrrole nitrogens is 1. The number of ether oxygens (including phenoxy) is 1. The van der Waals surface area contributed by atoms with E-state index in [1.807, 2.05) is 55.5 Å². The number of hydrogen-bond acceptors (Lipinski definition) is 4. The zero-order valence-corrected chi connectivity index (χ0v) is 14.2. The maximum Gasteiger partial charge on any atom is 0.259 e. The van der Waals surface area contributed by atoms with Gasteiger partial charge in [0.15, 0.2) is 0 Å². The van der Waals surface area contributed by atoms with Gasteiger partial charge in [-0.2, -0.15) is 5.10 Å². The number of para-hydroxylation sites is 3. The van der Waals surface area contributed by atoms with E-state index in [0.717, 1.165) is 27.8 Å². The number of nitrogens with zero attached hydrogens (tertiary/aromatic N) is 1. The van der Waals surface area contributed by atoms with Gasteiger partial charge in [-0.1, -0.05) is 30.3 Å². The smallest absolute Gasteiger partial charge is 0.259 e. The lowest BCUT2D eigenvalue weighted by atomic mass is 10.1. The first-order valence-electron chi connectivity index (χ1n) is 7.95. The quantitative estimate of drug-likeness (QED) is 0.478. The number of benzene rings is 2. The molecule has 0 bridgehead atoms. The molecule has 3 aromatic rings. The molecule has 1 amide bonds. The van der Waals surface area contributed by atoms with Crippen LogP contribution in [0.3, 0.4) is 0 Å². The van der Waals surface area contributed by atoms with Crippen molar-refractivity contribution in [1.29, 1.82) is 0 Å². The number of hydrogen-bond donors (Lipinski definition) is 3. The number of anilines is 1. The van der Waals surface area contributed by atoms with Crippen LogP contribution in [0.1, 0.15) is 11.3 Å². The van der Waals surface area contributed by atoms with E-state index >= 15 is 0 Å². The molecule has 6 heteroatoms. The molecule has 0 fully saturated rings. The van der Waals surface area contributed by atoms with E-state index in [4.69, 9.17) is 4.74 Å². The molecular formula is C19H20N4O2. The lowest BCUT2D eigenvalue weighted by molar-refractivity contribution is -0.119. The summed E-state index contributed by atoms with van der Waals surface area (Å²) in [5, 5.41) is 8.17. The molecular weight excluding hydrogens is 316 g/mol. The molecule has 0 spiro atoms. The average molecular weight is 336 g/mol. The van der Waals surface area contributed by atoms with Gasteiger partial charge in [-0.25, -0.2) is 5.43 Å². The van der Waals surface area contributed by atoms with E-state index < -0.39 is 0 Å². The van der Waals surface area contributed by atoms with Crippen molar-refractivity contribution >= 4 is 28.7 Å². The summed E-state index contributed by atoms with van der Waals surface area (Å²) in [7, 11) is 1.59. The van der Waals surface area contributed by atoms with Gasteiger partial charge in [0, 0.05) is 22.2 Å². The minimum Gasteiger partial charge on any atom is -0.495 e. The van der Waals surface area contributed by atoms with E-state index in [1.165, 1.54) is 0 Å². The second kappa shape index (κ2) is 7.53. The van der Waals surface area contributed by atoms with Crippen LogP contribution in [0.4, 0.5) is 5.69 Å². The first-order valence-corrected chi connectivity index (χ1v) is 7.95. The molecule has 0 atom stereocenters. The van der Waals surface area contributed by atoms with Crippen molar-refractivity contribution in [2.75, 3.05) is 19.0 Å². The average Bonchev–Trinajstić information content (AvgIpc) is 2.96. The summed E-state index contributed by atoms with van der Waals surface area (Å²) >= 11 is 0. The van der Waals surface area contributed by atoms with Crippen molar-refractivity contribution in [3.63, 3.8) is 0 Å². The van der Waals surface area contributed by atoms with Crippen LogP contribution < -0.4 is 15.5 Å². The number of amides is 1. The minimum atomic E-state index is -0.236. The van der Waals surface area contributed by atoms with Crippen LogP contribution in [0.5, 0.6) is 5.75 Å². The number of carbonyl (C=O) groups is 1. The van der Waals surface area contributed by atoms with Gasteiger partial charge >= 0.3 is 0 Å². The fraction of sp³-hybridized carbons (Fsp3) is 0.158. The molecule has 25 heavy (non-hydrogen) atoms. The Morgan fingerprint density at radius 1 is 1.20 bits per heavy atom. The second-order valence-corrected chi connectivity index (χ2v) is 5.56. The molecule has 3 rings (SSSR count). The summed E-state index contributed by atoms with van der Waals surface area (Å²) in [5.41, 5.74) is 6.31. The maximum atomic E-state index is 12.0. The monoisotopic (exact) mass is 336 g/mol. The summed E-state index contributed by atoms with van der Waals surface area (Å²) < 4.78 is 5.23. The van der Waals surface area contributed by atoms with E-state index in [2.05, 4.69) is 20.8 Å². The molecule has 0 saturated heterocycles. The van der Waals surface area contributed by atoms with Crippen LogP contribution in [0.25, 0.3) is 10.9 Å². The number of rotatable bonds is 6. The summed E-state index contributed by atoms with van der Waals surface area (Å²) in [6, 6.07) is 15.4. The predicted octanol–water partition coefficient (Wildman–Crippen LogP) is 3.05. The van der Waals surface area contributed by atoms with Crippen molar-refractivity contribution in [2.24, 2.45) is 5.10 Å². The summed E-state index contributed by atoms with van der Waals surface area (Å²) in [5.74, 6) is 0.452. The van der Waals surface area contributed by atoms with E-state index in [1.54, 1.807) is 13.3 Å². The third-order valence-electron chi connectivity index (χ3n) is 3.87. The molecule has 0 aliphatic carbocycles. The van der Waals surface area contributed by atoms with E-state index in [0.29, 0.717) is 5.75 Å². The highest BCUT2D eigenvalue weighted by atomic mass is 16.5. The van der Waals surface area contributed by atoms with Gasteiger partial charge in [0.2, 0.25) is 0 Å². The Balaban J connectivity index is 1.60. The van der Waals surface area contributed by atoms with Crippen LogP contribution in [-0.2, 0) is 4.79 Å². The number of methoxy groups -OCH3 is 1. The SMILES string of the molecule is COc1ccccc1NCC(=O)N/N=C/c1c(C)[nH]c2ccccc12. The Morgan fingerprint density at radius 3 is 2.80 bits per heavy atom. The Hall–Kier alpha value is -3.28. The van der Waals surface area contributed by atoms with Gasteiger partial charge in [0.25, 0.3) is 5.91 Å². The molecule has 6 nitrogen and oxygen atoms in total. The molecule has 128 valence electrons. The largest absolute Gasteiger partial charge is 0.495 e. The van der Waals surface area contributed by atoms with Crippen LogP contribution in [-0.4, -0.2) is 30.8 Å². The molecule has 3 N–H and O–H groups in total. The van der Waals surface area contributed by atoms with Gasteiger partial charge in [0.1, 0.15) is 5.75 Å². The fourth-order valence-electron chi connectivity index (χ4n) is 2.64. The third kappa shape index (κ3) is 3.80. The number of nitrogens with one attached hydrogen (secondary N) is 3. The lowest BCUT2D eigenvalue weighted by Gasteiger charge is -2.09. The molecule has 0 aliphatic heterocycles. The number of aryl methyl sites for hydroxylation is 1. The highest BCUT2D eigenvalue weighted by molar-refractivity contribution is 6.00. The van der Waals surface area contributed by atoms with Gasteiger partial charge in [-0.05, 0) is 25.1 Å². The van der Waals surface area contributed by atoms with Gasteiger partial charge in [-0.3, -0.25) is 4.79 Å². The van der Waals surface area contributed by atoms with Gasteiger partial charge in [-0.15, -0.1) is 0 Å². The predicted molar refractivity (Wildman–Crippen MR) is 100 cm³/mol. The van der Waals surface area contributed by atoms with Crippen molar-refractivity contribution in [3.05, 3.63) is 59.8 Å². The standard InChI is InChI=1S/C19H20N4O2/c1-13-15(14-7-3-4-8-16(14)22-13)11-21-23-19(24)12-20-17-9-5-6-10-18(17)25-2/h3-11,20,22H,12H2,1-2H3,(H,23,24)/b21-11+. The molecule has 0 saturated carbocycles. The Labute approximate surface area is 145 Å². The van der Waals surface area contributed by atoms with Crippen LogP contribution in [0.15, 0.2) is 53.6 Å². The van der Waals surface area contributed by atoms with Crippen molar-refractivity contribution in [3.8, 4) is 5.75 Å². The first kappa shape index (κ1) is 16.6. The Kier molecular flexibility index (Phi) is 4.99. The fourth-order valence-corrected chi connectivity index (χ4v) is 2.64. The number of fused-ring (bicyclic) bond motifs is 1. The zero-order chi connectivity index (χ0) is 17.6. The normalized spacial score (nSPS) is 11.0. The van der Waals surface area contributed by atoms with Crippen molar-refractivity contribution in [2.45, 2.75) is 6.92 Å². The second-order valence-electron chi connectivity index (χ2n) is 5.56. The summed E-state index contributed by atoms with van der Waals surface area (Å²) in [4.78, 5) is 15.3. The van der Waals surface area contributed by atoms with E-state index in [9.17, 15) is 4.79 Å². The molecule has 2 aromatic carbocycles. The van der Waals surface area contributed by atoms with Crippen LogP contribution in [0, 0.1) is 6.92 Å². The number of carbonyl (C=O) groups excluding carboxylic acids is 1. The van der Waals surface area contributed by atoms with Crippen molar-refractivity contribution < 1.29 is 9.53 Å². The number of aromatic amines is 1. The Bertz CT molecular complexity index is 915. The van der Waals surface area contributed by atoms with Gasteiger partial charge < -0.3 is 15.0 Å². The highest BCUT2D eigenvalue weighted by Crippen LogP contribution is 2.22. The van der Waals surface area contributed by atoms with Crippen LogP contribution >= 0.6 is 0 Å². The molecule has 0 aliphatic rings. The molecule has 0 unspecified atom stereocenters. The molecule has 1 aromatic heterocycles. The minimum absolute atomic E-state index is 0.102. The van der Waals surface area contributed by atoms with Crippen molar-refractivity contribution in [1.82, 2.24) is 10.4 Å². The topological polar surface area (TPSA) is 78.5 Å². The lowest BCUT2D eigenvalue weighted by Crippen LogP contribution is -2.26. The highest BCUT2D eigenvalue weighted by Gasteiger charge is 2.06. The maximum absolute atomic E-state index is 12.0. The van der Waals surface area contributed by atoms with Gasteiger partial charge in [0.05, 0.1) is 25.6 Å². The van der Waals surface area contributed by atoms with Crippen LogP contribution in [0.2, 0.25) is 0 Å². The number of hydrazone groups is 1. The Morgan fingerprint density at radius 2 is 1.96 bits per heavy atom. The van der Waals surface area contributed by atoms with E-state index in [-0.39, 0.29) is 12.5 Å². The first-order chi connectivity index (χ1) is 12.2.